The maximum Gasteiger partial charge on any atom is 0.128 e. The third-order valence-corrected chi connectivity index (χ3v) is 5.71. The molecule has 3 heteroatoms. The lowest BCUT2D eigenvalue weighted by molar-refractivity contribution is -0.000809. The molecule has 1 aliphatic heterocycles. The van der Waals surface area contributed by atoms with Gasteiger partial charge in [0, 0.05) is 12.0 Å². The molecule has 2 aliphatic carbocycles. The van der Waals surface area contributed by atoms with Gasteiger partial charge in [-0.15, -0.1) is 0 Å². The van der Waals surface area contributed by atoms with E-state index in [4.69, 9.17) is 4.74 Å². The van der Waals surface area contributed by atoms with Crippen LogP contribution in [0, 0.1) is 0 Å². The Labute approximate surface area is 126 Å². The first-order chi connectivity index (χ1) is 10.7. The summed E-state index contributed by atoms with van der Waals surface area (Å²) in [6.07, 6.45) is -1.14. The number of aliphatic hydroxyl groups is 2. The number of hydrogen-bond acceptors (Lipinski definition) is 3. The van der Waals surface area contributed by atoms with E-state index in [1.807, 2.05) is 6.07 Å². The van der Waals surface area contributed by atoms with Crippen molar-refractivity contribution in [2.24, 2.45) is 0 Å². The number of epoxide rings is 1. The zero-order valence-electron chi connectivity index (χ0n) is 11.8. The van der Waals surface area contributed by atoms with E-state index in [2.05, 4.69) is 36.4 Å². The Morgan fingerprint density at radius 1 is 1.05 bits per heavy atom. The SMILES string of the molecule is O[C@H]1[C@H]2O[C@]23Cc2cc4ccccc4c4ccc(c3c24)[C@@H]1O. The van der Waals surface area contributed by atoms with Crippen molar-refractivity contribution in [3.8, 4) is 0 Å². The summed E-state index contributed by atoms with van der Waals surface area (Å²) in [7, 11) is 0. The maximum atomic E-state index is 10.4. The molecule has 22 heavy (non-hydrogen) atoms. The van der Waals surface area contributed by atoms with Crippen molar-refractivity contribution in [3.63, 3.8) is 0 Å². The largest absolute Gasteiger partial charge is 0.387 e. The molecule has 1 spiro atoms. The van der Waals surface area contributed by atoms with Gasteiger partial charge in [-0.2, -0.15) is 0 Å². The highest BCUT2D eigenvalue weighted by Gasteiger charge is 2.68. The minimum Gasteiger partial charge on any atom is -0.387 e. The molecular formula is C19H14O3. The smallest absolute Gasteiger partial charge is 0.128 e. The predicted molar refractivity (Wildman–Crippen MR) is 82.7 cm³/mol. The molecule has 108 valence electrons. The predicted octanol–water partition coefficient (Wildman–Crippen LogP) is 2.55. The fourth-order valence-electron chi connectivity index (χ4n) is 4.75. The zero-order valence-corrected chi connectivity index (χ0v) is 11.8. The third kappa shape index (κ3) is 1.07. The molecule has 3 aromatic carbocycles. The topological polar surface area (TPSA) is 53.0 Å². The number of rotatable bonds is 0. The lowest BCUT2D eigenvalue weighted by Gasteiger charge is -2.26. The number of aliphatic hydroxyl groups excluding tert-OH is 2. The van der Waals surface area contributed by atoms with Crippen LogP contribution >= 0.6 is 0 Å². The van der Waals surface area contributed by atoms with Gasteiger partial charge >= 0.3 is 0 Å². The van der Waals surface area contributed by atoms with Gasteiger partial charge in [-0.25, -0.2) is 0 Å². The number of ether oxygens (including phenoxy) is 1. The van der Waals surface area contributed by atoms with Gasteiger partial charge in [-0.1, -0.05) is 42.5 Å². The first-order valence-corrected chi connectivity index (χ1v) is 7.72. The summed E-state index contributed by atoms with van der Waals surface area (Å²) in [5.41, 5.74) is 2.83. The van der Waals surface area contributed by atoms with Crippen LogP contribution in [0.5, 0.6) is 0 Å². The molecule has 4 atom stereocenters. The first-order valence-electron chi connectivity index (χ1n) is 7.72. The Morgan fingerprint density at radius 2 is 1.91 bits per heavy atom. The summed E-state index contributed by atoms with van der Waals surface area (Å²) < 4.78 is 5.94. The molecule has 0 amide bonds. The molecule has 0 bridgehead atoms. The minimum atomic E-state index is -0.850. The second-order valence-corrected chi connectivity index (χ2v) is 6.75. The molecule has 3 aliphatic rings. The quantitative estimate of drug-likeness (QED) is 0.494. The molecule has 1 fully saturated rings. The minimum absolute atomic E-state index is 0.267. The molecule has 0 radical (unpaired) electrons. The van der Waals surface area contributed by atoms with Crippen molar-refractivity contribution in [1.29, 1.82) is 0 Å². The molecule has 3 aromatic rings. The summed E-state index contributed by atoms with van der Waals surface area (Å²) in [6.45, 7) is 0. The van der Waals surface area contributed by atoms with Gasteiger partial charge in [0.05, 0.1) is 0 Å². The van der Waals surface area contributed by atoms with E-state index in [0.29, 0.717) is 0 Å². The van der Waals surface area contributed by atoms with E-state index < -0.39 is 17.8 Å². The Kier molecular flexibility index (Phi) is 1.77. The summed E-state index contributed by atoms with van der Waals surface area (Å²) in [5.74, 6) is 0. The van der Waals surface area contributed by atoms with Gasteiger partial charge in [0.25, 0.3) is 0 Å². The monoisotopic (exact) mass is 290 g/mol. The molecule has 0 unspecified atom stereocenters. The lowest BCUT2D eigenvalue weighted by atomic mass is 9.80. The van der Waals surface area contributed by atoms with Crippen LogP contribution in [0.15, 0.2) is 42.5 Å². The van der Waals surface area contributed by atoms with Crippen molar-refractivity contribution in [3.05, 3.63) is 59.2 Å². The molecule has 1 saturated heterocycles. The van der Waals surface area contributed by atoms with Crippen LogP contribution in [-0.4, -0.2) is 22.4 Å². The summed E-state index contributed by atoms with van der Waals surface area (Å²) >= 11 is 0. The van der Waals surface area contributed by atoms with Crippen LogP contribution in [0.25, 0.3) is 21.5 Å². The van der Waals surface area contributed by atoms with Crippen LogP contribution in [0.2, 0.25) is 0 Å². The average molecular weight is 290 g/mol. The van der Waals surface area contributed by atoms with Crippen LogP contribution in [0.3, 0.4) is 0 Å². The van der Waals surface area contributed by atoms with E-state index in [-0.39, 0.29) is 6.10 Å². The molecule has 3 nitrogen and oxygen atoms in total. The molecule has 1 heterocycles. The van der Waals surface area contributed by atoms with Crippen molar-refractivity contribution in [2.45, 2.75) is 30.3 Å². The third-order valence-electron chi connectivity index (χ3n) is 5.71. The Hall–Kier alpha value is -1.94. The van der Waals surface area contributed by atoms with Gasteiger partial charge in [0.2, 0.25) is 0 Å². The standard InChI is InChI=1S/C19H14O3/c20-16-13-6-5-12-11-4-2-1-3-9(11)7-10-8-19(15(13)14(10)12)18(22-19)17(16)21/h1-7,16-18,20-21H,8H2/t16-,17+,18+,19-/m0/s1. The van der Waals surface area contributed by atoms with Gasteiger partial charge in [-0.05, 0) is 32.7 Å². The fraction of sp³-hybridized carbons (Fsp3) is 0.263. The van der Waals surface area contributed by atoms with Crippen molar-refractivity contribution in [2.75, 3.05) is 0 Å². The second-order valence-electron chi connectivity index (χ2n) is 6.75. The molecule has 6 rings (SSSR count). The van der Waals surface area contributed by atoms with Crippen LogP contribution < -0.4 is 0 Å². The normalized spacial score (nSPS) is 34.2. The average Bonchev–Trinajstić information content (AvgIpc) is 3.18. The van der Waals surface area contributed by atoms with Gasteiger partial charge < -0.3 is 14.9 Å². The highest BCUT2D eigenvalue weighted by Crippen LogP contribution is 2.63. The van der Waals surface area contributed by atoms with Crippen molar-refractivity contribution in [1.82, 2.24) is 0 Å². The maximum absolute atomic E-state index is 10.4. The fourth-order valence-corrected chi connectivity index (χ4v) is 4.75. The second kappa shape index (κ2) is 3.35. The first kappa shape index (κ1) is 11.6. The number of hydrogen-bond donors (Lipinski definition) is 2. The van der Waals surface area contributed by atoms with E-state index >= 15 is 0 Å². The van der Waals surface area contributed by atoms with Gasteiger partial charge in [-0.3, -0.25) is 0 Å². The highest BCUT2D eigenvalue weighted by atomic mass is 16.6. The lowest BCUT2D eigenvalue weighted by Crippen LogP contribution is -2.34. The highest BCUT2D eigenvalue weighted by molar-refractivity contribution is 6.12. The van der Waals surface area contributed by atoms with E-state index in [1.54, 1.807) is 0 Å². The van der Waals surface area contributed by atoms with Crippen molar-refractivity contribution >= 4 is 21.5 Å². The van der Waals surface area contributed by atoms with E-state index in [9.17, 15) is 10.2 Å². The molecular weight excluding hydrogens is 276 g/mol. The van der Waals surface area contributed by atoms with E-state index in [1.165, 1.54) is 27.1 Å². The van der Waals surface area contributed by atoms with Crippen LogP contribution in [-0.2, 0) is 16.8 Å². The molecule has 0 saturated carbocycles. The van der Waals surface area contributed by atoms with Crippen molar-refractivity contribution < 1.29 is 14.9 Å². The van der Waals surface area contributed by atoms with Gasteiger partial charge in [0.1, 0.15) is 23.9 Å². The Bertz CT molecular complexity index is 993. The summed E-state index contributed by atoms with van der Waals surface area (Å²) in [6, 6.07) is 14.7. The zero-order chi connectivity index (χ0) is 14.6. The Morgan fingerprint density at radius 3 is 2.82 bits per heavy atom. The molecule has 0 aromatic heterocycles. The summed E-state index contributed by atoms with van der Waals surface area (Å²) in [4.78, 5) is 0. The molecule has 2 N–H and O–H groups in total. The van der Waals surface area contributed by atoms with E-state index in [0.717, 1.165) is 17.5 Å². The van der Waals surface area contributed by atoms with Crippen LogP contribution in [0.1, 0.15) is 22.8 Å². The number of benzene rings is 3. The number of fused-ring (bicyclic) bond motifs is 2. The Balaban J connectivity index is 1.83. The summed E-state index contributed by atoms with van der Waals surface area (Å²) in [5, 5.41) is 25.6. The van der Waals surface area contributed by atoms with Gasteiger partial charge in [0.15, 0.2) is 0 Å². The van der Waals surface area contributed by atoms with Crippen LogP contribution in [0.4, 0.5) is 0 Å².